The highest BCUT2D eigenvalue weighted by Crippen LogP contribution is 2.29. The van der Waals surface area contributed by atoms with Crippen LogP contribution in [-0.2, 0) is 39.1 Å². The number of aromatic nitrogens is 1. The molecule has 1 aromatic heterocycles. The second kappa shape index (κ2) is 10.5. The topological polar surface area (TPSA) is 76.6 Å². The third-order valence-electron chi connectivity index (χ3n) is 4.53. The Balaban J connectivity index is 1.69. The van der Waals surface area contributed by atoms with Gasteiger partial charge in [-0.15, -0.1) is 11.3 Å². The zero-order chi connectivity index (χ0) is 22.4. The first kappa shape index (κ1) is 22.8. The summed E-state index contributed by atoms with van der Waals surface area (Å²) in [5, 5.41) is 2.30. The van der Waals surface area contributed by atoms with Crippen LogP contribution in [0.5, 0.6) is 0 Å². The van der Waals surface area contributed by atoms with Gasteiger partial charge in [0, 0.05) is 35.1 Å². The summed E-state index contributed by atoms with van der Waals surface area (Å²) in [7, 11) is -0.988. The van der Waals surface area contributed by atoms with E-state index in [1.54, 1.807) is 34.7 Å². The molecule has 0 aliphatic heterocycles. The Morgan fingerprint density at radius 1 is 1.13 bits per heavy atom. The van der Waals surface area contributed by atoms with E-state index in [1.807, 2.05) is 30.3 Å². The maximum atomic E-state index is 12.4. The number of benzene rings is 2. The van der Waals surface area contributed by atoms with Gasteiger partial charge in [-0.05, 0) is 41.8 Å². The van der Waals surface area contributed by atoms with Crippen LogP contribution in [0.25, 0.3) is 0 Å². The number of rotatable bonds is 8. The number of carbonyl (C=O) groups excluding carboxylic acids is 2. The molecule has 0 spiro atoms. The van der Waals surface area contributed by atoms with Gasteiger partial charge in [0.2, 0.25) is 5.91 Å². The standard InChI is InChI=1S/C23H24N2O4S2/c1-4-17-8-10-21(11-9-17)25(16(2)26)23-24-20(14-30-23)13-29-22(27)19-7-5-6-18(12-19)15-31(3)28/h5-12,14H,4,13,15H2,1-3H3. The van der Waals surface area contributed by atoms with E-state index in [1.165, 1.54) is 23.8 Å². The summed E-state index contributed by atoms with van der Waals surface area (Å²) in [5.74, 6) is -0.236. The zero-order valence-electron chi connectivity index (χ0n) is 17.7. The summed E-state index contributed by atoms with van der Waals surface area (Å²) in [6.45, 7) is 3.57. The highest BCUT2D eigenvalue weighted by molar-refractivity contribution is 7.83. The molecule has 1 atom stereocenters. The lowest BCUT2D eigenvalue weighted by Gasteiger charge is -2.18. The Morgan fingerprint density at radius 3 is 2.52 bits per heavy atom. The molecule has 0 aliphatic carbocycles. The molecule has 0 saturated carbocycles. The van der Waals surface area contributed by atoms with Gasteiger partial charge in [0.05, 0.1) is 16.9 Å². The van der Waals surface area contributed by atoms with Crippen LogP contribution in [-0.4, -0.2) is 27.3 Å². The Kier molecular flexibility index (Phi) is 7.70. The van der Waals surface area contributed by atoms with Gasteiger partial charge in [0.15, 0.2) is 5.13 Å². The van der Waals surface area contributed by atoms with Gasteiger partial charge in [0.25, 0.3) is 0 Å². The molecular formula is C23H24N2O4S2. The Morgan fingerprint density at radius 2 is 1.87 bits per heavy atom. The van der Waals surface area contributed by atoms with Gasteiger partial charge in [-0.3, -0.25) is 13.9 Å². The van der Waals surface area contributed by atoms with Gasteiger partial charge < -0.3 is 4.74 Å². The van der Waals surface area contributed by atoms with Crippen molar-refractivity contribution in [1.82, 2.24) is 4.98 Å². The van der Waals surface area contributed by atoms with E-state index in [4.69, 9.17) is 4.74 Å². The maximum absolute atomic E-state index is 12.4. The number of anilines is 2. The minimum Gasteiger partial charge on any atom is -0.456 e. The van der Waals surface area contributed by atoms with E-state index in [0.29, 0.717) is 22.1 Å². The predicted octanol–water partition coefficient (Wildman–Crippen LogP) is 4.63. The number of nitrogens with zero attached hydrogens (tertiary/aromatic N) is 2. The average molecular weight is 457 g/mol. The number of aryl methyl sites for hydroxylation is 1. The van der Waals surface area contributed by atoms with Crippen LogP contribution >= 0.6 is 11.3 Å². The molecule has 8 heteroatoms. The lowest BCUT2D eigenvalue weighted by atomic mass is 10.1. The highest BCUT2D eigenvalue weighted by Gasteiger charge is 2.18. The smallest absolute Gasteiger partial charge is 0.338 e. The summed E-state index contributed by atoms with van der Waals surface area (Å²) in [5.41, 5.74) is 3.72. The second-order valence-electron chi connectivity index (χ2n) is 6.99. The fourth-order valence-electron chi connectivity index (χ4n) is 3.02. The second-order valence-corrected chi connectivity index (χ2v) is 9.26. The molecule has 1 heterocycles. The normalized spacial score (nSPS) is 11.7. The van der Waals surface area contributed by atoms with Crippen LogP contribution in [0.2, 0.25) is 0 Å². The minimum absolute atomic E-state index is 0.000212. The summed E-state index contributed by atoms with van der Waals surface area (Å²) >= 11 is 1.32. The van der Waals surface area contributed by atoms with Crippen molar-refractivity contribution in [3.05, 3.63) is 76.3 Å². The van der Waals surface area contributed by atoms with Gasteiger partial charge in [-0.25, -0.2) is 9.78 Å². The zero-order valence-corrected chi connectivity index (χ0v) is 19.3. The Bertz CT molecular complexity index is 1090. The molecule has 0 aliphatic rings. The predicted molar refractivity (Wildman–Crippen MR) is 124 cm³/mol. The molecule has 0 radical (unpaired) electrons. The molecule has 2 aromatic carbocycles. The number of amides is 1. The molecule has 0 bridgehead atoms. The van der Waals surface area contributed by atoms with Crippen molar-refractivity contribution in [1.29, 1.82) is 0 Å². The maximum Gasteiger partial charge on any atom is 0.338 e. The van der Waals surface area contributed by atoms with Crippen LogP contribution < -0.4 is 4.90 Å². The van der Waals surface area contributed by atoms with Crippen LogP contribution in [0.4, 0.5) is 10.8 Å². The van der Waals surface area contributed by atoms with Crippen LogP contribution in [0, 0.1) is 0 Å². The largest absolute Gasteiger partial charge is 0.456 e. The fraction of sp³-hybridized carbons (Fsp3) is 0.261. The molecule has 3 rings (SSSR count). The summed E-state index contributed by atoms with van der Waals surface area (Å²) in [6, 6.07) is 14.7. The van der Waals surface area contributed by atoms with Crippen LogP contribution in [0.3, 0.4) is 0 Å². The monoisotopic (exact) mass is 456 g/mol. The molecule has 0 N–H and O–H groups in total. The van der Waals surface area contributed by atoms with E-state index < -0.39 is 16.8 Å². The lowest BCUT2D eigenvalue weighted by Crippen LogP contribution is -2.22. The van der Waals surface area contributed by atoms with E-state index in [0.717, 1.165) is 17.7 Å². The van der Waals surface area contributed by atoms with E-state index in [9.17, 15) is 13.8 Å². The lowest BCUT2D eigenvalue weighted by molar-refractivity contribution is -0.115. The fourth-order valence-corrected chi connectivity index (χ4v) is 4.54. The first-order valence-electron chi connectivity index (χ1n) is 9.77. The number of thiazole rings is 1. The van der Waals surface area contributed by atoms with Crippen molar-refractivity contribution in [2.75, 3.05) is 11.2 Å². The molecule has 0 saturated heterocycles. The van der Waals surface area contributed by atoms with Crippen molar-refractivity contribution < 1.29 is 18.5 Å². The highest BCUT2D eigenvalue weighted by atomic mass is 32.2. The molecule has 162 valence electrons. The number of esters is 1. The van der Waals surface area contributed by atoms with Crippen molar-refractivity contribution in [3.63, 3.8) is 0 Å². The molecule has 0 fully saturated rings. The Hall–Kier alpha value is -2.84. The van der Waals surface area contributed by atoms with Crippen molar-refractivity contribution in [2.24, 2.45) is 0 Å². The first-order valence-corrected chi connectivity index (χ1v) is 12.4. The van der Waals surface area contributed by atoms with Gasteiger partial charge in [-0.2, -0.15) is 0 Å². The van der Waals surface area contributed by atoms with E-state index >= 15 is 0 Å². The number of carbonyl (C=O) groups is 2. The third kappa shape index (κ3) is 6.08. The van der Waals surface area contributed by atoms with Crippen LogP contribution in [0.1, 0.15) is 41.0 Å². The molecule has 1 unspecified atom stereocenters. The van der Waals surface area contributed by atoms with Gasteiger partial charge in [-0.1, -0.05) is 31.2 Å². The van der Waals surface area contributed by atoms with Crippen molar-refractivity contribution in [2.45, 2.75) is 32.6 Å². The minimum atomic E-state index is -0.988. The number of hydrogen-bond donors (Lipinski definition) is 0. The van der Waals surface area contributed by atoms with E-state index in [-0.39, 0.29) is 12.5 Å². The number of ether oxygens (including phenoxy) is 1. The van der Waals surface area contributed by atoms with Crippen molar-refractivity contribution >= 4 is 44.8 Å². The van der Waals surface area contributed by atoms with Gasteiger partial charge in [0.1, 0.15) is 6.61 Å². The van der Waals surface area contributed by atoms with Gasteiger partial charge >= 0.3 is 5.97 Å². The summed E-state index contributed by atoms with van der Waals surface area (Å²) in [4.78, 5) is 30.7. The molecule has 1 amide bonds. The first-order chi connectivity index (χ1) is 14.9. The Labute approximate surface area is 188 Å². The average Bonchev–Trinajstić information content (AvgIpc) is 3.20. The molecular weight excluding hydrogens is 432 g/mol. The summed E-state index contributed by atoms with van der Waals surface area (Å²) in [6.07, 6.45) is 2.54. The third-order valence-corrected chi connectivity index (χ3v) is 6.15. The molecule has 6 nitrogen and oxygen atoms in total. The van der Waals surface area contributed by atoms with E-state index in [2.05, 4.69) is 11.9 Å². The van der Waals surface area contributed by atoms with Crippen molar-refractivity contribution in [3.8, 4) is 0 Å². The SMILES string of the molecule is CCc1ccc(N(C(C)=O)c2nc(COC(=O)c3cccc(CS(C)=O)c3)cs2)cc1. The van der Waals surface area contributed by atoms with Crippen LogP contribution in [0.15, 0.2) is 53.9 Å². The molecule has 31 heavy (non-hydrogen) atoms. The quantitative estimate of drug-likeness (QED) is 0.462. The number of hydrogen-bond acceptors (Lipinski definition) is 6. The molecule has 3 aromatic rings. The summed E-state index contributed by atoms with van der Waals surface area (Å²) < 4.78 is 16.8.